The fourth-order valence-electron chi connectivity index (χ4n) is 1.52. The lowest BCUT2D eigenvalue weighted by Gasteiger charge is -2.27. The van der Waals surface area contributed by atoms with Crippen molar-refractivity contribution >= 4 is 5.91 Å². The zero-order valence-corrected chi connectivity index (χ0v) is 7.18. The summed E-state index contributed by atoms with van der Waals surface area (Å²) in [5, 5.41) is 5.91. The van der Waals surface area contributed by atoms with Crippen molar-refractivity contribution in [3.8, 4) is 0 Å². The van der Waals surface area contributed by atoms with E-state index in [9.17, 15) is 4.79 Å². The summed E-state index contributed by atoms with van der Waals surface area (Å²) in [6.45, 7) is 2.12. The fraction of sp³-hybridized carbons (Fsp3) is 0.875. The van der Waals surface area contributed by atoms with Crippen LogP contribution in [0.5, 0.6) is 0 Å². The molecule has 1 aliphatic heterocycles. The normalized spacial score (nSPS) is 31.5. The van der Waals surface area contributed by atoms with Gasteiger partial charge in [0.1, 0.15) is 0 Å². The Morgan fingerprint density at radius 1 is 1.55 bits per heavy atom. The van der Waals surface area contributed by atoms with Gasteiger partial charge in [0.25, 0.3) is 0 Å². The van der Waals surface area contributed by atoms with Gasteiger partial charge in [0.2, 0.25) is 5.91 Å². The molecule has 1 saturated heterocycles. The Morgan fingerprint density at radius 2 is 2.27 bits per heavy atom. The van der Waals surface area contributed by atoms with E-state index >= 15 is 0 Å². The first-order valence-electron chi connectivity index (χ1n) is 4.21. The van der Waals surface area contributed by atoms with Gasteiger partial charge >= 0.3 is 0 Å². The molecule has 0 aromatic rings. The highest BCUT2D eigenvalue weighted by Crippen LogP contribution is 2.11. The lowest BCUT2D eigenvalue weighted by Crippen LogP contribution is -2.49. The molecule has 1 aliphatic rings. The van der Waals surface area contributed by atoms with Crippen molar-refractivity contribution in [3.05, 3.63) is 0 Å². The zero-order valence-electron chi connectivity index (χ0n) is 7.18. The summed E-state index contributed by atoms with van der Waals surface area (Å²) in [6, 6.07) is 0.537. The van der Waals surface area contributed by atoms with Crippen molar-refractivity contribution in [1.82, 2.24) is 10.6 Å². The summed E-state index contributed by atoms with van der Waals surface area (Å²) >= 11 is 0. The van der Waals surface area contributed by atoms with Gasteiger partial charge in [-0.05, 0) is 26.2 Å². The van der Waals surface area contributed by atoms with Crippen molar-refractivity contribution in [2.75, 3.05) is 7.05 Å². The third-order valence-electron chi connectivity index (χ3n) is 2.18. The van der Waals surface area contributed by atoms with Gasteiger partial charge in [-0.1, -0.05) is 0 Å². The van der Waals surface area contributed by atoms with E-state index in [0.29, 0.717) is 6.04 Å². The molecule has 0 spiro atoms. The van der Waals surface area contributed by atoms with Crippen LogP contribution in [0.25, 0.3) is 0 Å². The van der Waals surface area contributed by atoms with Crippen molar-refractivity contribution in [3.63, 3.8) is 0 Å². The molecule has 0 saturated carbocycles. The van der Waals surface area contributed by atoms with Gasteiger partial charge in [-0.2, -0.15) is 0 Å². The van der Waals surface area contributed by atoms with Crippen molar-refractivity contribution in [1.29, 1.82) is 0 Å². The SMILES string of the molecule is CNC(=O)[C@H]1CCC[C@H](C)N1. The van der Waals surface area contributed by atoms with E-state index in [1.807, 2.05) is 0 Å². The number of likely N-dealkylation sites (N-methyl/N-ethyl adjacent to an activating group) is 1. The molecule has 1 amide bonds. The van der Waals surface area contributed by atoms with Crippen LogP contribution >= 0.6 is 0 Å². The largest absolute Gasteiger partial charge is 0.358 e. The Balaban J connectivity index is 2.39. The highest BCUT2D eigenvalue weighted by atomic mass is 16.2. The number of nitrogens with one attached hydrogen (secondary N) is 2. The van der Waals surface area contributed by atoms with E-state index in [2.05, 4.69) is 17.6 Å². The van der Waals surface area contributed by atoms with Gasteiger partial charge in [-0.3, -0.25) is 4.79 Å². The quantitative estimate of drug-likeness (QED) is 0.572. The van der Waals surface area contributed by atoms with E-state index < -0.39 is 0 Å². The predicted octanol–water partition coefficient (Wildman–Crippen LogP) is 0.263. The highest BCUT2D eigenvalue weighted by Gasteiger charge is 2.22. The maximum absolute atomic E-state index is 11.1. The number of rotatable bonds is 1. The third kappa shape index (κ3) is 2.19. The lowest BCUT2D eigenvalue weighted by atomic mass is 9.99. The number of hydrogen-bond donors (Lipinski definition) is 2. The average molecular weight is 156 g/mol. The maximum Gasteiger partial charge on any atom is 0.236 e. The minimum absolute atomic E-state index is 0.0451. The average Bonchev–Trinajstić information content (AvgIpc) is 2.03. The molecule has 0 bridgehead atoms. The first kappa shape index (κ1) is 8.53. The van der Waals surface area contributed by atoms with E-state index in [4.69, 9.17) is 0 Å². The summed E-state index contributed by atoms with van der Waals surface area (Å²) in [7, 11) is 1.68. The van der Waals surface area contributed by atoms with Gasteiger partial charge in [-0.25, -0.2) is 0 Å². The van der Waals surface area contributed by atoms with Gasteiger partial charge in [0, 0.05) is 13.1 Å². The smallest absolute Gasteiger partial charge is 0.236 e. The number of hydrogen-bond acceptors (Lipinski definition) is 2. The number of carbonyl (C=O) groups is 1. The second-order valence-electron chi connectivity index (χ2n) is 3.17. The Kier molecular flexibility index (Phi) is 2.88. The molecular formula is C8H16N2O. The van der Waals surface area contributed by atoms with E-state index in [1.54, 1.807) is 7.05 Å². The van der Waals surface area contributed by atoms with Crippen LogP contribution in [-0.2, 0) is 4.79 Å². The molecule has 0 aromatic heterocycles. The number of piperidine rings is 1. The number of amides is 1. The van der Waals surface area contributed by atoms with Crippen LogP contribution in [-0.4, -0.2) is 25.0 Å². The molecule has 0 radical (unpaired) electrons. The minimum Gasteiger partial charge on any atom is -0.358 e. The van der Waals surface area contributed by atoms with Gasteiger partial charge in [0.05, 0.1) is 6.04 Å². The number of carbonyl (C=O) groups excluding carboxylic acids is 1. The molecular weight excluding hydrogens is 140 g/mol. The molecule has 0 aliphatic carbocycles. The third-order valence-corrected chi connectivity index (χ3v) is 2.18. The lowest BCUT2D eigenvalue weighted by molar-refractivity contribution is -0.123. The predicted molar refractivity (Wildman–Crippen MR) is 44.3 cm³/mol. The Bertz CT molecular complexity index is 147. The zero-order chi connectivity index (χ0) is 8.27. The Morgan fingerprint density at radius 3 is 2.82 bits per heavy atom. The van der Waals surface area contributed by atoms with Crippen LogP contribution in [0.2, 0.25) is 0 Å². The van der Waals surface area contributed by atoms with Crippen LogP contribution in [0, 0.1) is 0 Å². The summed E-state index contributed by atoms with van der Waals surface area (Å²) in [6.07, 6.45) is 3.32. The first-order chi connectivity index (χ1) is 5.24. The topological polar surface area (TPSA) is 41.1 Å². The molecule has 1 rings (SSSR count). The van der Waals surface area contributed by atoms with Gasteiger partial charge < -0.3 is 10.6 Å². The van der Waals surface area contributed by atoms with Crippen molar-refractivity contribution in [2.45, 2.75) is 38.3 Å². The summed E-state index contributed by atoms with van der Waals surface area (Å²) in [5.41, 5.74) is 0. The molecule has 64 valence electrons. The minimum atomic E-state index is 0.0451. The summed E-state index contributed by atoms with van der Waals surface area (Å²) in [5.74, 6) is 0.122. The Labute approximate surface area is 67.5 Å². The molecule has 11 heavy (non-hydrogen) atoms. The molecule has 2 N–H and O–H groups in total. The van der Waals surface area contributed by atoms with Crippen LogP contribution in [0.3, 0.4) is 0 Å². The van der Waals surface area contributed by atoms with Crippen molar-refractivity contribution < 1.29 is 4.79 Å². The van der Waals surface area contributed by atoms with E-state index in [0.717, 1.165) is 12.8 Å². The van der Waals surface area contributed by atoms with Crippen LogP contribution < -0.4 is 10.6 Å². The summed E-state index contributed by atoms with van der Waals surface area (Å²) < 4.78 is 0. The molecule has 3 nitrogen and oxygen atoms in total. The molecule has 3 heteroatoms. The molecule has 0 aromatic carbocycles. The van der Waals surface area contributed by atoms with Crippen molar-refractivity contribution in [2.24, 2.45) is 0 Å². The fourth-order valence-corrected chi connectivity index (χ4v) is 1.52. The second-order valence-corrected chi connectivity index (χ2v) is 3.17. The van der Waals surface area contributed by atoms with Crippen LogP contribution in [0.15, 0.2) is 0 Å². The maximum atomic E-state index is 11.1. The monoisotopic (exact) mass is 156 g/mol. The van der Waals surface area contributed by atoms with Crippen LogP contribution in [0.4, 0.5) is 0 Å². The second kappa shape index (κ2) is 3.72. The van der Waals surface area contributed by atoms with Crippen LogP contribution in [0.1, 0.15) is 26.2 Å². The first-order valence-corrected chi connectivity index (χ1v) is 4.21. The summed E-state index contributed by atoms with van der Waals surface area (Å²) in [4.78, 5) is 11.1. The van der Waals surface area contributed by atoms with E-state index in [-0.39, 0.29) is 11.9 Å². The van der Waals surface area contributed by atoms with E-state index in [1.165, 1.54) is 6.42 Å². The van der Waals surface area contributed by atoms with Gasteiger partial charge in [-0.15, -0.1) is 0 Å². The molecule has 1 heterocycles. The molecule has 2 atom stereocenters. The highest BCUT2D eigenvalue weighted by molar-refractivity contribution is 5.81. The standard InChI is InChI=1S/C8H16N2O/c1-6-4-3-5-7(10-6)8(11)9-2/h6-7,10H,3-5H2,1-2H3,(H,9,11)/t6-,7+/m0/s1. The molecule has 1 fully saturated rings. The Hall–Kier alpha value is -0.570. The van der Waals surface area contributed by atoms with Gasteiger partial charge in [0.15, 0.2) is 0 Å². The molecule has 0 unspecified atom stereocenters.